The number of hydrogen-bond acceptors (Lipinski definition) is 3. The molecule has 0 saturated carbocycles. The fourth-order valence-corrected chi connectivity index (χ4v) is 2.09. The highest BCUT2D eigenvalue weighted by atomic mass is 16.5. The molecule has 1 fully saturated rings. The Hall–Kier alpha value is -0.120. The first-order chi connectivity index (χ1) is 7.93. The summed E-state index contributed by atoms with van der Waals surface area (Å²) in [7, 11) is 0. The molecule has 1 saturated heterocycles. The topological polar surface area (TPSA) is 33.3 Å². The highest BCUT2D eigenvalue weighted by molar-refractivity contribution is 4.65. The first-order valence-corrected chi connectivity index (χ1v) is 6.96. The monoisotopic (exact) mass is 228 g/mol. The Bertz CT molecular complexity index is 147. The van der Waals surface area contributed by atoms with Gasteiger partial charge in [0, 0.05) is 6.61 Å². The molecule has 3 nitrogen and oxygen atoms in total. The van der Waals surface area contributed by atoms with Crippen molar-refractivity contribution in [3.05, 3.63) is 0 Å². The van der Waals surface area contributed by atoms with Gasteiger partial charge < -0.3 is 15.4 Å². The van der Waals surface area contributed by atoms with Crippen LogP contribution in [0.3, 0.4) is 0 Å². The van der Waals surface area contributed by atoms with Crippen molar-refractivity contribution < 1.29 is 4.74 Å². The van der Waals surface area contributed by atoms with Gasteiger partial charge in [-0.05, 0) is 64.7 Å². The van der Waals surface area contributed by atoms with Gasteiger partial charge in [0.05, 0.1) is 6.10 Å². The van der Waals surface area contributed by atoms with Crippen LogP contribution in [0.4, 0.5) is 0 Å². The molecule has 0 bridgehead atoms. The minimum absolute atomic E-state index is 0.563. The maximum atomic E-state index is 5.59. The highest BCUT2D eigenvalue weighted by Gasteiger charge is 2.13. The lowest BCUT2D eigenvalue weighted by atomic mass is 10.1. The lowest BCUT2D eigenvalue weighted by Crippen LogP contribution is -2.23. The van der Waals surface area contributed by atoms with E-state index in [1.807, 2.05) is 0 Å². The van der Waals surface area contributed by atoms with Crippen LogP contribution in [-0.4, -0.2) is 38.9 Å². The van der Waals surface area contributed by atoms with Gasteiger partial charge in [-0.1, -0.05) is 6.92 Å². The maximum absolute atomic E-state index is 5.59. The van der Waals surface area contributed by atoms with Gasteiger partial charge in [-0.25, -0.2) is 0 Å². The van der Waals surface area contributed by atoms with E-state index in [0.717, 1.165) is 32.8 Å². The maximum Gasteiger partial charge on any atom is 0.0576 e. The summed E-state index contributed by atoms with van der Waals surface area (Å²) in [6.07, 6.45) is 8.07. The third kappa shape index (κ3) is 7.20. The molecule has 96 valence electrons. The summed E-state index contributed by atoms with van der Waals surface area (Å²) in [6.45, 7) is 7.78. The summed E-state index contributed by atoms with van der Waals surface area (Å²) < 4.78 is 5.59. The van der Waals surface area contributed by atoms with Crippen LogP contribution in [0.5, 0.6) is 0 Å². The largest absolute Gasteiger partial charge is 0.378 e. The van der Waals surface area contributed by atoms with Crippen LogP contribution >= 0.6 is 0 Å². The molecule has 0 radical (unpaired) electrons. The second-order valence-electron chi connectivity index (χ2n) is 4.63. The summed E-state index contributed by atoms with van der Waals surface area (Å²) >= 11 is 0. The quantitative estimate of drug-likeness (QED) is 0.561. The van der Waals surface area contributed by atoms with Gasteiger partial charge in [0.15, 0.2) is 0 Å². The van der Waals surface area contributed by atoms with Crippen molar-refractivity contribution in [2.24, 2.45) is 0 Å². The standard InChI is InChI=1S/C13H28N2O/c1-2-8-14-10-5-11-15-9-3-6-13-7-4-12-16-13/h13-15H,2-12H2,1H3. The van der Waals surface area contributed by atoms with Gasteiger partial charge in [-0.2, -0.15) is 0 Å². The van der Waals surface area contributed by atoms with Crippen molar-refractivity contribution in [2.45, 2.75) is 51.6 Å². The van der Waals surface area contributed by atoms with E-state index in [-0.39, 0.29) is 0 Å². The van der Waals surface area contributed by atoms with Gasteiger partial charge >= 0.3 is 0 Å². The molecule has 0 aliphatic carbocycles. The molecule has 0 amide bonds. The Morgan fingerprint density at radius 3 is 2.50 bits per heavy atom. The third-order valence-electron chi connectivity index (χ3n) is 3.04. The average molecular weight is 228 g/mol. The predicted octanol–water partition coefficient (Wildman–Crippen LogP) is 1.92. The summed E-state index contributed by atoms with van der Waals surface area (Å²) in [5, 5.41) is 6.90. The van der Waals surface area contributed by atoms with E-state index in [0.29, 0.717) is 6.10 Å². The number of nitrogens with one attached hydrogen (secondary N) is 2. The Morgan fingerprint density at radius 1 is 1.06 bits per heavy atom. The van der Waals surface area contributed by atoms with E-state index in [1.54, 1.807) is 0 Å². The second-order valence-corrected chi connectivity index (χ2v) is 4.63. The Kier molecular flexibility index (Phi) is 8.77. The van der Waals surface area contributed by atoms with Gasteiger partial charge in [0.25, 0.3) is 0 Å². The fraction of sp³-hybridized carbons (Fsp3) is 1.00. The number of hydrogen-bond donors (Lipinski definition) is 2. The molecule has 0 spiro atoms. The van der Waals surface area contributed by atoms with Crippen molar-refractivity contribution in [2.75, 3.05) is 32.8 Å². The molecule has 1 aliphatic rings. The predicted molar refractivity (Wildman–Crippen MR) is 68.9 cm³/mol. The van der Waals surface area contributed by atoms with Gasteiger partial charge in [0.2, 0.25) is 0 Å². The first-order valence-electron chi connectivity index (χ1n) is 6.96. The van der Waals surface area contributed by atoms with Gasteiger partial charge in [-0.3, -0.25) is 0 Å². The van der Waals surface area contributed by atoms with E-state index in [2.05, 4.69) is 17.6 Å². The van der Waals surface area contributed by atoms with E-state index < -0.39 is 0 Å². The molecule has 3 heteroatoms. The van der Waals surface area contributed by atoms with Gasteiger partial charge in [-0.15, -0.1) is 0 Å². The van der Waals surface area contributed by atoms with E-state index in [4.69, 9.17) is 4.74 Å². The number of rotatable bonds is 10. The van der Waals surface area contributed by atoms with Crippen molar-refractivity contribution >= 4 is 0 Å². The minimum atomic E-state index is 0.563. The lowest BCUT2D eigenvalue weighted by molar-refractivity contribution is 0.102. The molecule has 2 N–H and O–H groups in total. The van der Waals surface area contributed by atoms with Crippen LogP contribution in [0, 0.1) is 0 Å². The van der Waals surface area contributed by atoms with Gasteiger partial charge in [0.1, 0.15) is 0 Å². The summed E-state index contributed by atoms with van der Waals surface area (Å²) in [4.78, 5) is 0. The molecular formula is C13H28N2O. The Morgan fingerprint density at radius 2 is 1.81 bits per heavy atom. The van der Waals surface area contributed by atoms with E-state index in [1.165, 1.54) is 38.5 Å². The van der Waals surface area contributed by atoms with Crippen LogP contribution in [0.15, 0.2) is 0 Å². The van der Waals surface area contributed by atoms with Crippen LogP contribution in [0.25, 0.3) is 0 Å². The highest BCUT2D eigenvalue weighted by Crippen LogP contribution is 2.16. The zero-order valence-electron chi connectivity index (χ0n) is 10.8. The Labute approximate surface area is 100 Å². The molecule has 1 unspecified atom stereocenters. The van der Waals surface area contributed by atoms with Crippen LogP contribution in [0.1, 0.15) is 45.4 Å². The summed E-state index contributed by atoms with van der Waals surface area (Å²) in [5.74, 6) is 0. The van der Waals surface area contributed by atoms with Crippen LogP contribution < -0.4 is 10.6 Å². The van der Waals surface area contributed by atoms with Crippen LogP contribution in [-0.2, 0) is 4.74 Å². The molecule has 1 atom stereocenters. The van der Waals surface area contributed by atoms with Crippen molar-refractivity contribution in [3.8, 4) is 0 Å². The molecule has 0 aromatic carbocycles. The van der Waals surface area contributed by atoms with Crippen LogP contribution in [0.2, 0.25) is 0 Å². The van der Waals surface area contributed by atoms with E-state index >= 15 is 0 Å². The van der Waals surface area contributed by atoms with Crippen molar-refractivity contribution in [1.82, 2.24) is 10.6 Å². The summed E-state index contributed by atoms with van der Waals surface area (Å²) in [6, 6.07) is 0. The minimum Gasteiger partial charge on any atom is -0.378 e. The molecule has 0 aromatic heterocycles. The zero-order chi connectivity index (χ0) is 11.5. The SMILES string of the molecule is CCCNCCCNCCCC1CCCO1. The molecule has 16 heavy (non-hydrogen) atoms. The third-order valence-corrected chi connectivity index (χ3v) is 3.04. The second kappa shape index (κ2) is 10.1. The zero-order valence-corrected chi connectivity index (χ0v) is 10.8. The molecule has 1 aliphatic heterocycles. The number of ether oxygens (including phenoxy) is 1. The molecule has 0 aromatic rings. The molecule has 1 heterocycles. The molecule has 1 rings (SSSR count). The summed E-state index contributed by atoms with van der Waals surface area (Å²) in [5.41, 5.74) is 0. The van der Waals surface area contributed by atoms with Crippen molar-refractivity contribution in [3.63, 3.8) is 0 Å². The lowest BCUT2D eigenvalue weighted by Gasteiger charge is -2.09. The first kappa shape index (κ1) is 13.9. The smallest absolute Gasteiger partial charge is 0.0576 e. The van der Waals surface area contributed by atoms with Crippen molar-refractivity contribution in [1.29, 1.82) is 0 Å². The molecular weight excluding hydrogens is 200 g/mol. The van der Waals surface area contributed by atoms with E-state index in [9.17, 15) is 0 Å². The Balaban J connectivity index is 1.71. The fourth-order valence-electron chi connectivity index (χ4n) is 2.09. The average Bonchev–Trinajstić information content (AvgIpc) is 2.80. The normalized spacial score (nSPS) is 20.4.